The molecule has 0 aromatic heterocycles. The van der Waals surface area contributed by atoms with Gasteiger partial charge in [-0.05, 0) is 79.0 Å². The van der Waals surface area contributed by atoms with Gasteiger partial charge in [-0.1, -0.05) is 79.5 Å². The number of carbonyl (C=O) groups excluding carboxylic acids is 2. The highest BCUT2D eigenvalue weighted by atomic mass is 35.5. The van der Waals surface area contributed by atoms with Crippen LogP contribution >= 0.6 is 23.2 Å². The van der Waals surface area contributed by atoms with Gasteiger partial charge in [0.15, 0.2) is 11.5 Å². The lowest BCUT2D eigenvalue weighted by atomic mass is 9.51. The smallest absolute Gasteiger partial charge is 0.308 e. The number of rotatable bonds is 9. The molecule has 1 amide bonds. The van der Waals surface area contributed by atoms with Crippen molar-refractivity contribution in [2.24, 2.45) is 11.8 Å². The van der Waals surface area contributed by atoms with Crippen molar-refractivity contribution in [3.63, 3.8) is 0 Å². The molecule has 6 atom stereocenters. The van der Waals surface area contributed by atoms with Crippen LogP contribution in [0.15, 0.2) is 60.7 Å². The molecule has 4 aliphatic rings. The zero-order valence-corrected chi connectivity index (χ0v) is 28.6. The maximum atomic E-state index is 14.2. The minimum Gasteiger partial charge on any atom is -0.483 e. The van der Waals surface area contributed by atoms with Crippen LogP contribution in [-0.4, -0.2) is 64.6 Å². The number of esters is 1. The zero-order valence-electron chi connectivity index (χ0n) is 27.1. The van der Waals surface area contributed by atoms with Gasteiger partial charge in [-0.15, -0.1) is 0 Å². The number of likely N-dealkylation sites (tertiary alicyclic amines) is 1. The van der Waals surface area contributed by atoms with E-state index in [9.17, 15) is 14.7 Å². The molecule has 2 aliphatic carbocycles. The zero-order chi connectivity index (χ0) is 33.0. The van der Waals surface area contributed by atoms with Crippen LogP contribution in [-0.2, 0) is 27.8 Å². The van der Waals surface area contributed by atoms with Crippen LogP contribution in [0.25, 0.3) is 0 Å². The first kappa shape index (κ1) is 32.4. The summed E-state index contributed by atoms with van der Waals surface area (Å²) in [7, 11) is 0. The Morgan fingerprint density at radius 2 is 1.87 bits per heavy atom. The third kappa shape index (κ3) is 5.73. The SMILES string of the molecule is CC(=O)Oc1ccc2c3c1O[C@H]1[C@@H](N(CC(C)C)C(=O)Cc4ccc(Cl)c(Cl)c4)CC[C@H]4[C@@H](C2)N(CC(O)c2ccccc2)CC[C@@]341. The van der Waals surface area contributed by atoms with E-state index in [2.05, 4.69) is 29.7 Å². The summed E-state index contributed by atoms with van der Waals surface area (Å²) in [6.45, 7) is 7.65. The van der Waals surface area contributed by atoms with E-state index in [4.69, 9.17) is 32.7 Å². The topological polar surface area (TPSA) is 79.3 Å². The molecule has 7 nitrogen and oxygen atoms in total. The summed E-state index contributed by atoms with van der Waals surface area (Å²) in [5.74, 6) is 1.29. The van der Waals surface area contributed by atoms with Gasteiger partial charge >= 0.3 is 5.97 Å². The van der Waals surface area contributed by atoms with Gasteiger partial charge in [0.2, 0.25) is 5.91 Å². The highest BCUT2D eigenvalue weighted by molar-refractivity contribution is 6.42. The first-order valence-electron chi connectivity index (χ1n) is 16.8. The lowest BCUT2D eigenvalue weighted by Gasteiger charge is -2.60. The highest BCUT2D eigenvalue weighted by Crippen LogP contribution is 2.64. The molecule has 248 valence electrons. The Morgan fingerprint density at radius 3 is 2.60 bits per heavy atom. The molecular weight excluding hydrogens is 635 g/mol. The molecule has 2 aliphatic heterocycles. The number of aliphatic hydroxyl groups is 1. The molecule has 2 fully saturated rings. The Bertz CT molecular complexity index is 1680. The monoisotopic (exact) mass is 676 g/mol. The van der Waals surface area contributed by atoms with Crippen molar-refractivity contribution in [3.05, 3.63) is 93.0 Å². The fourth-order valence-electron chi connectivity index (χ4n) is 9.11. The number of nitrogens with zero attached hydrogens (tertiary/aromatic N) is 2. The van der Waals surface area contributed by atoms with Crippen molar-refractivity contribution in [1.82, 2.24) is 9.80 Å². The number of piperidine rings is 1. The van der Waals surface area contributed by atoms with Crippen LogP contribution in [0.4, 0.5) is 0 Å². The second kappa shape index (κ2) is 12.7. The molecule has 47 heavy (non-hydrogen) atoms. The largest absolute Gasteiger partial charge is 0.483 e. The van der Waals surface area contributed by atoms with Crippen molar-refractivity contribution in [1.29, 1.82) is 0 Å². The van der Waals surface area contributed by atoms with Crippen molar-refractivity contribution in [3.8, 4) is 11.5 Å². The molecule has 2 bridgehead atoms. The van der Waals surface area contributed by atoms with Crippen LogP contribution in [0.5, 0.6) is 11.5 Å². The molecular formula is C38H42Cl2N2O5. The summed E-state index contributed by atoms with van der Waals surface area (Å²) in [6, 6.07) is 19.3. The summed E-state index contributed by atoms with van der Waals surface area (Å²) >= 11 is 12.5. The lowest BCUT2D eigenvalue weighted by molar-refractivity contribution is -0.143. The second-order valence-electron chi connectivity index (χ2n) is 14.2. The lowest BCUT2D eigenvalue weighted by Crippen LogP contribution is -2.69. The summed E-state index contributed by atoms with van der Waals surface area (Å²) in [4.78, 5) is 31.0. The Hall–Kier alpha value is -3.10. The molecule has 1 saturated carbocycles. The number of carbonyl (C=O) groups is 2. The summed E-state index contributed by atoms with van der Waals surface area (Å²) in [5, 5.41) is 12.2. The normalized spacial score (nSPS) is 26.4. The molecule has 0 radical (unpaired) electrons. The van der Waals surface area contributed by atoms with Gasteiger partial charge in [0, 0.05) is 37.0 Å². The predicted molar refractivity (Wildman–Crippen MR) is 182 cm³/mol. The standard InChI is InChI=1S/C38H42Cl2N2O5/c1-22(2)20-42(34(45)18-24-9-12-28(39)29(40)17-24)30-13-11-27-31-19-26-10-14-33(46-23(3)43)36-35(26)38(27,37(30)47-36)15-16-41(31)21-32(44)25-7-5-4-6-8-25/h4-10,12,14,17,22,27,30-32,37,44H,11,13,15-16,18-21H2,1-3H3/t27-,30-,31+,32?,37-,38-/m0/s1. The van der Waals surface area contributed by atoms with Crippen molar-refractivity contribution in [2.45, 2.75) is 82.6 Å². The summed E-state index contributed by atoms with van der Waals surface area (Å²) < 4.78 is 12.8. The number of benzene rings is 3. The van der Waals surface area contributed by atoms with E-state index in [0.717, 1.165) is 48.9 Å². The number of aliphatic hydroxyl groups excluding tert-OH is 1. The maximum Gasteiger partial charge on any atom is 0.308 e. The number of hydrogen-bond acceptors (Lipinski definition) is 6. The molecule has 2 heterocycles. The molecule has 9 heteroatoms. The summed E-state index contributed by atoms with van der Waals surface area (Å²) in [6.07, 6.45) is 2.75. The van der Waals surface area contributed by atoms with Gasteiger partial charge in [-0.25, -0.2) is 0 Å². The highest BCUT2D eigenvalue weighted by Gasteiger charge is 2.66. The van der Waals surface area contributed by atoms with Crippen LogP contribution < -0.4 is 9.47 Å². The van der Waals surface area contributed by atoms with Gasteiger partial charge in [-0.3, -0.25) is 14.5 Å². The van der Waals surface area contributed by atoms with Gasteiger partial charge in [0.25, 0.3) is 0 Å². The third-order valence-electron chi connectivity index (χ3n) is 10.9. The minimum absolute atomic E-state index is 0.0349. The fourth-order valence-corrected chi connectivity index (χ4v) is 9.43. The Balaban J connectivity index is 1.26. The average molecular weight is 678 g/mol. The number of hydrogen-bond donors (Lipinski definition) is 1. The molecule has 1 N–H and O–H groups in total. The number of ether oxygens (including phenoxy) is 2. The first-order chi connectivity index (χ1) is 22.6. The van der Waals surface area contributed by atoms with Gasteiger partial charge in [0.05, 0.1) is 28.6 Å². The molecule has 1 unspecified atom stereocenters. The van der Waals surface area contributed by atoms with E-state index >= 15 is 0 Å². The predicted octanol–water partition coefficient (Wildman–Crippen LogP) is 6.79. The van der Waals surface area contributed by atoms with Gasteiger partial charge < -0.3 is 19.5 Å². The van der Waals surface area contributed by atoms with E-state index in [1.54, 1.807) is 12.1 Å². The quantitative estimate of drug-likeness (QED) is 0.199. The van der Waals surface area contributed by atoms with Crippen molar-refractivity contribution < 1.29 is 24.2 Å². The first-order valence-corrected chi connectivity index (χ1v) is 17.5. The minimum atomic E-state index is -0.582. The molecule has 7 rings (SSSR count). The van der Waals surface area contributed by atoms with E-state index in [1.807, 2.05) is 42.5 Å². The molecule has 3 aromatic rings. The maximum absolute atomic E-state index is 14.2. The van der Waals surface area contributed by atoms with Crippen LogP contribution in [0.1, 0.15) is 68.4 Å². The molecule has 1 spiro atoms. The van der Waals surface area contributed by atoms with E-state index in [0.29, 0.717) is 34.6 Å². The Morgan fingerprint density at radius 1 is 1.09 bits per heavy atom. The van der Waals surface area contributed by atoms with Gasteiger partial charge in [-0.2, -0.15) is 0 Å². The van der Waals surface area contributed by atoms with Crippen molar-refractivity contribution in [2.75, 3.05) is 19.6 Å². The third-order valence-corrected chi connectivity index (χ3v) is 11.6. The number of amides is 1. The Labute approximate surface area is 286 Å². The second-order valence-corrected chi connectivity index (χ2v) is 15.0. The Kier molecular flexibility index (Phi) is 8.79. The van der Waals surface area contributed by atoms with E-state index < -0.39 is 6.10 Å². The van der Waals surface area contributed by atoms with Crippen LogP contribution in [0.2, 0.25) is 10.0 Å². The number of β-amino-alcohol motifs (C(OH)–C–C–N with tert-alkyl or cyclic N) is 1. The fraction of sp³-hybridized carbons (Fsp3) is 0.474. The average Bonchev–Trinajstić information content (AvgIpc) is 3.39. The van der Waals surface area contributed by atoms with E-state index in [-0.39, 0.29) is 53.7 Å². The molecule has 1 saturated heterocycles. The van der Waals surface area contributed by atoms with Crippen LogP contribution in [0, 0.1) is 11.8 Å². The van der Waals surface area contributed by atoms with Crippen LogP contribution in [0.3, 0.4) is 0 Å². The number of halogens is 2. The summed E-state index contributed by atoms with van der Waals surface area (Å²) in [5.41, 5.74) is 3.78. The van der Waals surface area contributed by atoms with Crippen molar-refractivity contribution >= 4 is 35.1 Å². The van der Waals surface area contributed by atoms with E-state index in [1.165, 1.54) is 12.5 Å². The molecule has 3 aromatic carbocycles. The van der Waals surface area contributed by atoms with Gasteiger partial charge in [0.1, 0.15) is 6.10 Å².